The summed E-state index contributed by atoms with van der Waals surface area (Å²) in [6.07, 6.45) is 3.77. The molecule has 4 rings (SSSR count). The van der Waals surface area contributed by atoms with E-state index in [0.29, 0.717) is 29.0 Å². The minimum Gasteiger partial charge on any atom is -0.265 e. The van der Waals surface area contributed by atoms with Crippen LogP contribution in [0.15, 0.2) is 35.4 Å². The van der Waals surface area contributed by atoms with Gasteiger partial charge >= 0.3 is 0 Å². The fraction of sp³-hybridized carbons (Fsp3) is 0.188. The van der Waals surface area contributed by atoms with Crippen LogP contribution in [0.2, 0.25) is 5.02 Å². The van der Waals surface area contributed by atoms with Gasteiger partial charge in [0.2, 0.25) is 0 Å². The van der Waals surface area contributed by atoms with Gasteiger partial charge < -0.3 is 0 Å². The number of fused-ring (bicyclic) bond motifs is 2. The maximum Gasteiger partial charge on any atom is 0.295 e. The number of hydrogen-bond acceptors (Lipinski definition) is 6. The molecule has 6 nitrogen and oxygen atoms in total. The summed E-state index contributed by atoms with van der Waals surface area (Å²) < 4.78 is 2.44. The standard InChI is InChI=1S/C16H12ClN5OS/c1-2-10-14-15(19-6-5-18-14)16(23)22(21-10)8-13-20-11-7-9(17)3-4-12(11)24-13/h3-7H,2,8H2,1H3. The smallest absolute Gasteiger partial charge is 0.265 e. The lowest BCUT2D eigenvalue weighted by Crippen LogP contribution is -2.26. The van der Waals surface area contributed by atoms with Crippen molar-refractivity contribution in [1.29, 1.82) is 0 Å². The quantitative estimate of drug-likeness (QED) is 0.563. The Morgan fingerprint density at radius 1 is 1.21 bits per heavy atom. The van der Waals surface area contributed by atoms with Crippen molar-refractivity contribution in [3.8, 4) is 0 Å². The van der Waals surface area contributed by atoms with Gasteiger partial charge in [-0.15, -0.1) is 11.3 Å². The summed E-state index contributed by atoms with van der Waals surface area (Å²) >= 11 is 7.52. The van der Waals surface area contributed by atoms with Crippen molar-refractivity contribution in [1.82, 2.24) is 24.7 Å². The predicted molar refractivity (Wildman–Crippen MR) is 94.7 cm³/mol. The Morgan fingerprint density at radius 3 is 2.79 bits per heavy atom. The van der Waals surface area contributed by atoms with Crippen LogP contribution in [0, 0.1) is 0 Å². The van der Waals surface area contributed by atoms with E-state index in [1.54, 1.807) is 6.20 Å². The molecule has 0 saturated heterocycles. The summed E-state index contributed by atoms with van der Waals surface area (Å²) in [7, 11) is 0. The Labute approximate surface area is 145 Å². The van der Waals surface area contributed by atoms with Crippen LogP contribution in [0.1, 0.15) is 17.6 Å². The zero-order valence-electron chi connectivity index (χ0n) is 12.7. The maximum atomic E-state index is 12.6. The van der Waals surface area contributed by atoms with E-state index in [-0.39, 0.29) is 5.56 Å². The largest absolute Gasteiger partial charge is 0.295 e. The van der Waals surface area contributed by atoms with Crippen LogP contribution in [-0.2, 0) is 13.0 Å². The SMILES string of the molecule is CCc1nn(Cc2nc3cc(Cl)ccc3s2)c(=O)c2nccnc12. The first kappa shape index (κ1) is 15.2. The van der Waals surface area contributed by atoms with E-state index in [9.17, 15) is 4.79 Å². The van der Waals surface area contributed by atoms with Crippen LogP contribution >= 0.6 is 22.9 Å². The summed E-state index contributed by atoms with van der Waals surface area (Å²) in [5.74, 6) is 0. The minimum atomic E-state index is -0.257. The molecule has 0 spiro atoms. The molecule has 24 heavy (non-hydrogen) atoms. The van der Waals surface area contributed by atoms with Gasteiger partial charge in [-0.3, -0.25) is 9.78 Å². The minimum absolute atomic E-state index is 0.257. The van der Waals surface area contributed by atoms with Gasteiger partial charge in [0.25, 0.3) is 5.56 Å². The average molecular weight is 358 g/mol. The fourth-order valence-corrected chi connectivity index (χ4v) is 3.65. The Hall–Kier alpha value is -2.38. The van der Waals surface area contributed by atoms with Crippen LogP contribution in [0.4, 0.5) is 0 Å². The van der Waals surface area contributed by atoms with E-state index in [4.69, 9.17) is 11.6 Å². The molecule has 0 amide bonds. The second-order valence-corrected chi connectivity index (χ2v) is 6.79. The Kier molecular flexibility index (Phi) is 3.74. The van der Waals surface area contributed by atoms with Crippen molar-refractivity contribution < 1.29 is 0 Å². The van der Waals surface area contributed by atoms with E-state index in [1.165, 1.54) is 22.2 Å². The molecule has 0 fully saturated rings. The summed E-state index contributed by atoms with van der Waals surface area (Å²) in [6, 6.07) is 5.58. The maximum absolute atomic E-state index is 12.6. The molecule has 8 heteroatoms. The highest BCUT2D eigenvalue weighted by atomic mass is 35.5. The van der Waals surface area contributed by atoms with Gasteiger partial charge in [0.15, 0.2) is 5.52 Å². The van der Waals surface area contributed by atoms with Crippen LogP contribution in [0.3, 0.4) is 0 Å². The monoisotopic (exact) mass is 357 g/mol. The molecule has 120 valence electrons. The number of hydrogen-bond donors (Lipinski definition) is 0. The molecule has 0 aliphatic carbocycles. The van der Waals surface area contributed by atoms with Crippen molar-refractivity contribution in [3.05, 3.63) is 56.7 Å². The first-order chi connectivity index (χ1) is 11.7. The molecule has 0 N–H and O–H groups in total. The summed E-state index contributed by atoms with van der Waals surface area (Å²) in [5.41, 5.74) is 2.23. The third-order valence-corrected chi connectivity index (χ3v) is 4.92. The molecule has 3 aromatic heterocycles. The predicted octanol–water partition coefficient (Wildman–Crippen LogP) is 3.06. The van der Waals surface area contributed by atoms with Crippen molar-refractivity contribution in [2.75, 3.05) is 0 Å². The van der Waals surface area contributed by atoms with E-state index in [0.717, 1.165) is 20.9 Å². The Morgan fingerprint density at radius 2 is 2.00 bits per heavy atom. The third-order valence-electron chi connectivity index (χ3n) is 3.66. The Balaban J connectivity index is 1.83. The molecule has 4 aromatic rings. The molecule has 0 atom stereocenters. The third kappa shape index (κ3) is 2.55. The molecular formula is C16H12ClN5OS. The number of rotatable bonds is 3. The number of halogens is 1. The van der Waals surface area contributed by atoms with Gasteiger partial charge in [0.05, 0.1) is 22.5 Å². The number of benzene rings is 1. The van der Waals surface area contributed by atoms with Gasteiger partial charge in [-0.25, -0.2) is 14.6 Å². The zero-order valence-corrected chi connectivity index (χ0v) is 14.3. The molecule has 0 bridgehead atoms. The molecule has 0 radical (unpaired) electrons. The number of aromatic nitrogens is 5. The molecule has 0 aliphatic rings. The van der Waals surface area contributed by atoms with Crippen LogP contribution in [0.25, 0.3) is 21.3 Å². The van der Waals surface area contributed by atoms with Gasteiger partial charge in [-0.1, -0.05) is 18.5 Å². The fourth-order valence-electron chi connectivity index (χ4n) is 2.56. The highest BCUT2D eigenvalue weighted by Gasteiger charge is 2.13. The van der Waals surface area contributed by atoms with Crippen molar-refractivity contribution >= 4 is 44.2 Å². The lowest BCUT2D eigenvalue weighted by molar-refractivity contribution is 0.626. The topological polar surface area (TPSA) is 73.6 Å². The van der Waals surface area contributed by atoms with Gasteiger partial charge in [-0.05, 0) is 24.6 Å². The lowest BCUT2D eigenvalue weighted by Gasteiger charge is -2.07. The summed E-state index contributed by atoms with van der Waals surface area (Å²) in [4.78, 5) is 25.6. The van der Waals surface area contributed by atoms with Gasteiger partial charge in [0.1, 0.15) is 10.5 Å². The van der Waals surface area contributed by atoms with Crippen molar-refractivity contribution in [2.45, 2.75) is 19.9 Å². The number of thiazole rings is 1. The van der Waals surface area contributed by atoms with E-state index in [1.807, 2.05) is 25.1 Å². The molecule has 0 saturated carbocycles. The van der Waals surface area contributed by atoms with Gasteiger partial charge in [0, 0.05) is 17.4 Å². The second kappa shape index (κ2) is 5.92. The van der Waals surface area contributed by atoms with Crippen LogP contribution < -0.4 is 5.56 Å². The Bertz CT molecular complexity index is 1120. The first-order valence-electron chi connectivity index (χ1n) is 7.41. The normalized spacial score (nSPS) is 11.4. The zero-order chi connectivity index (χ0) is 16.7. The number of nitrogens with zero attached hydrogens (tertiary/aromatic N) is 5. The molecular weight excluding hydrogens is 346 g/mol. The molecule has 0 unspecified atom stereocenters. The van der Waals surface area contributed by atoms with Crippen LogP contribution in [-0.4, -0.2) is 24.7 Å². The van der Waals surface area contributed by atoms with Crippen LogP contribution in [0.5, 0.6) is 0 Å². The summed E-state index contributed by atoms with van der Waals surface area (Å²) in [5, 5.41) is 5.88. The van der Waals surface area contributed by atoms with Crippen molar-refractivity contribution in [3.63, 3.8) is 0 Å². The van der Waals surface area contributed by atoms with Crippen molar-refractivity contribution in [2.24, 2.45) is 0 Å². The molecule has 1 aromatic carbocycles. The number of aryl methyl sites for hydroxylation is 1. The summed E-state index contributed by atoms with van der Waals surface area (Å²) in [6.45, 7) is 2.28. The second-order valence-electron chi connectivity index (χ2n) is 5.24. The van der Waals surface area contributed by atoms with E-state index >= 15 is 0 Å². The van der Waals surface area contributed by atoms with Gasteiger partial charge in [-0.2, -0.15) is 5.10 Å². The first-order valence-corrected chi connectivity index (χ1v) is 8.61. The lowest BCUT2D eigenvalue weighted by atomic mass is 10.2. The van der Waals surface area contributed by atoms with E-state index < -0.39 is 0 Å². The highest BCUT2D eigenvalue weighted by Crippen LogP contribution is 2.25. The average Bonchev–Trinajstić information content (AvgIpc) is 2.99. The highest BCUT2D eigenvalue weighted by molar-refractivity contribution is 7.18. The van der Waals surface area contributed by atoms with E-state index in [2.05, 4.69) is 20.1 Å². The molecule has 0 aliphatic heterocycles. The molecule has 3 heterocycles.